The van der Waals surface area contributed by atoms with Gasteiger partial charge in [-0.15, -0.1) is 0 Å². The molecule has 5 unspecified atom stereocenters. The first-order valence-electron chi connectivity index (χ1n) is 6.58. The zero-order valence-electron chi connectivity index (χ0n) is 11.3. The van der Waals surface area contributed by atoms with Gasteiger partial charge in [-0.2, -0.15) is 0 Å². The molecule has 0 saturated heterocycles. The fraction of sp³-hybridized carbons (Fsp3) is 0.600. The van der Waals surface area contributed by atoms with Crippen molar-refractivity contribution in [3.05, 3.63) is 36.1 Å². The van der Waals surface area contributed by atoms with Crippen molar-refractivity contribution in [3.8, 4) is 0 Å². The molecule has 0 fully saturated rings. The molecular weight excluding hydrogens is 244 g/mol. The van der Waals surface area contributed by atoms with Crippen LogP contribution in [0.15, 0.2) is 36.1 Å². The Kier molecular flexibility index (Phi) is 3.60. The minimum absolute atomic E-state index is 0.186. The molecule has 2 aliphatic rings. The van der Waals surface area contributed by atoms with Crippen molar-refractivity contribution < 1.29 is 20.4 Å². The van der Waals surface area contributed by atoms with E-state index < -0.39 is 23.7 Å². The van der Waals surface area contributed by atoms with Crippen LogP contribution in [-0.4, -0.2) is 38.7 Å². The molecule has 0 amide bonds. The monoisotopic (exact) mass is 266 g/mol. The fourth-order valence-corrected chi connectivity index (χ4v) is 3.03. The summed E-state index contributed by atoms with van der Waals surface area (Å²) >= 11 is 0. The summed E-state index contributed by atoms with van der Waals surface area (Å²) < 4.78 is 0. The Morgan fingerprint density at radius 1 is 1.21 bits per heavy atom. The highest BCUT2D eigenvalue weighted by Crippen LogP contribution is 2.45. The molecular formula is C15H22O4. The van der Waals surface area contributed by atoms with Crippen LogP contribution in [0.4, 0.5) is 0 Å². The summed E-state index contributed by atoms with van der Waals surface area (Å²) in [4.78, 5) is 0. The van der Waals surface area contributed by atoms with Gasteiger partial charge < -0.3 is 20.4 Å². The number of allylic oxidation sites excluding steroid dienone is 3. The SMILES string of the molecule is CC1(CC2(C)C=CC(O)C(O)C2O)C=CC(O)=CC1. The highest BCUT2D eigenvalue weighted by atomic mass is 16.4. The Hall–Kier alpha value is -1.10. The van der Waals surface area contributed by atoms with E-state index in [1.165, 1.54) is 0 Å². The first kappa shape index (κ1) is 14.3. The van der Waals surface area contributed by atoms with E-state index in [9.17, 15) is 20.4 Å². The zero-order valence-corrected chi connectivity index (χ0v) is 11.3. The molecule has 19 heavy (non-hydrogen) atoms. The maximum atomic E-state index is 10.2. The summed E-state index contributed by atoms with van der Waals surface area (Å²) in [5.74, 6) is 0.262. The predicted octanol–water partition coefficient (Wildman–Crippen LogP) is 1.44. The van der Waals surface area contributed by atoms with Crippen LogP contribution in [0.5, 0.6) is 0 Å². The van der Waals surface area contributed by atoms with Crippen molar-refractivity contribution in [2.24, 2.45) is 10.8 Å². The minimum Gasteiger partial charge on any atom is -0.508 e. The first-order chi connectivity index (χ1) is 8.76. The Morgan fingerprint density at radius 2 is 1.89 bits per heavy atom. The van der Waals surface area contributed by atoms with Crippen molar-refractivity contribution >= 4 is 0 Å². The molecule has 0 aromatic rings. The third kappa shape index (κ3) is 2.76. The predicted molar refractivity (Wildman–Crippen MR) is 72.5 cm³/mol. The van der Waals surface area contributed by atoms with Gasteiger partial charge in [0.25, 0.3) is 0 Å². The van der Waals surface area contributed by atoms with E-state index in [-0.39, 0.29) is 11.2 Å². The lowest BCUT2D eigenvalue weighted by Crippen LogP contribution is -2.50. The average Bonchev–Trinajstić information content (AvgIpc) is 2.36. The van der Waals surface area contributed by atoms with Crippen molar-refractivity contribution in [2.75, 3.05) is 0 Å². The van der Waals surface area contributed by atoms with Crippen LogP contribution in [0.2, 0.25) is 0 Å². The maximum Gasteiger partial charge on any atom is 0.111 e. The average molecular weight is 266 g/mol. The molecule has 4 heteroatoms. The number of hydrogen-bond acceptors (Lipinski definition) is 4. The number of rotatable bonds is 2. The van der Waals surface area contributed by atoms with E-state index >= 15 is 0 Å². The van der Waals surface area contributed by atoms with E-state index in [2.05, 4.69) is 6.92 Å². The van der Waals surface area contributed by atoms with Crippen LogP contribution >= 0.6 is 0 Å². The van der Waals surface area contributed by atoms with E-state index in [1.54, 1.807) is 24.3 Å². The minimum atomic E-state index is -1.16. The van der Waals surface area contributed by atoms with Gasteiger partial charge in [0.1, 0.15) is 18.0 Å². The van der Waals surface area contributed by atoms with Crippen LogP contribution in [0.25, 0.3) is 0 Å². The quantitative estimate of drug-likeness (QED) is 0.570. The lowest BCUT2D eigenvalue weighted by molar-refractivity contribution is -0.0987. The van der Waals surface area contributed by atoms with Crippen LogP contribution in [0.1, 0.15) is 26.7 Å². The third-order valence-electron chi connectivity index (χ3n) is 4.24. The van der Waals surface area contributed by atoms with E-state index in [1.807, 2.05) is 13.0 Å². The summed E-state index contributed by atoms with van der Waals surface area (Å²) in [5.41, 5.74) is -0.785. The van der Waals surface area contributed by atoms with E-state index in [0.717, 1.165) is 0 Å². The van der Waals surface area contributed by atoms with Gasteiger partial charge >= 0.3 is 0 Å². The van der Waals surface area contributed by atoms with Crippen LogP contribution in [-0.2, 0) is 0 Å². The zero-order chi connectivity index (χ0) is 14.3. The summed E-state index contributed by atoms with van der Waals surface area (Å²) in [5, 5.41) is 38.9. The standard InChI is InChI=1S/C15H22O4/c1-14(6-3-10(16)4-7-14)9-15(2)8-5-11(17)12(18)13(15)19/h3-6,8,11-13,16-19H,7,9H2,1-2H3. The van der Waals surface area contributed by atoms with E-state index in [0.29, 0.717) is 12.8 Å². The van der Waals surface area contributed by atoms with Gasteiger partial charge in [0.15, 0.2) is 0 Å². The Balaban J connectivity index is 2.18. The second-order valence-corrected chi connectivity index (χ2v) is 6.29. The molecule has 2 rings (SSSR count). The molecule has 2 aliphatic carbocycles. The Bertz CT molecular complexity index is 439. The number of hydrogen-bond donors (Lipinski definition) is 4. The maximum absolute atomic E-state index is 10.2. The van der Waals surface area contributed by atoms with Crippen LogP contribution in [0.3, 0.4) is 0 Å². The van der Waals surface area contributed by atoms with Gasteiger partial charge in [0.2, 0.25) is 0 Å². The van der Waals surface area contributed by atoms with Crippen LogP contribution in [0, 0.1) is 10.8 Å². The van der Waals surface area contributed by atoms with Gasteiger partial charge in [-0.3, -0.25) is 0 Å². The van der Waals surface area contributed by atoms with Gasteiger partial charge in [-0.1, -0.05) is 32.1 Å². The summed E-state index contributed by atoms with van der Waals surface area (Å²) in [7, 11) is 0. The normalized spacial score (nSPS) is 46.2. The molecule has 106 valence electrons. The Labute approximate surface area is 113 Å². The molecule has 5 atom stereocenters. The van der Waals surface area contributed by atoms with Gasteiger partial charge in [0.05, 0.1) is 6.10 Å². The van der Waals surface area contributed by atoms with Gasteiger partial charge in [-0.25, -0.2) is 0 Å². The van der Waals surface area contributed by atoms with E-state index in [4.69, 9.17) is 0 Å². The number of aliphatic hydroxyl groups is 4. The largest absolute Gasteiger partial charge is 0.508 e. The molecule has 0 radical (unpaired) electrons. The molecule has 0 bridgehead atoms. The molecule has 4 nitrogen and oxygen atoms in total. The highest BCUT2D eigenvalue weighted by Gasteiger charge is 2.44. The second kappa shape index (κ2) is 4.78. The van der Waals surface area contributed by atoms with Gasteiger partial charge in [0, 0.05) is 5.41 Å². The molecule has 4 N–H and O–H groups in total. The number of aliphatic hydroxyl groups excluding tert-OH is 4. The molecule has 0 aliphatic heterocycles. The molecule has 0 spiro atoms. The van der Waals surface area contributed by atoms with Crippen LogP contribution < -0.4 is 0 Å². The Morgan fingerprint density at radius 3 is 2.47 bits per heavy atom. The van der Waals surface area contributed by atoms with Crippen molar-refractivity contribution in [1.82, 2.24) is 0 Å². The molecule has 0 saturated carbocycles. The molecule has 0 heterocycles. The van der Waals surface area contributed by atoms with Crippen molar-refractivity contribution in [1.29, 1.82) is 0 Å². The van der Waals surface area contributed by atoms with Crippen molar-refractivity contribution in [3.63, 3.8) is 0 Å². The topological polar surface area (TPSA) is 80.9 Å². The summed E-state index contributed by atoms with van der Waals surface area (Å²) in [6.07, 6.45) is 6.82. The lowest BCUT2D eigenvalue weighted by Gasteiger charge is -2.44. The third-order valence-corrected chi connectivity index (χ3v) is 4.24. The summed E-state index contributed by atoms with van der Waals surface area (Å²) in [6, 6.07) is 0. The van der Waals surface area contributed by atoms with Gasteiger partial charge in [-0.05, 0) is 30.4 Å². The fourth-order valence-electron chi connectivity index (χ4n) is 3.03. The molecule has 0 aromatic carbocycles. The highest BCUT2D eigenvalue weighted by molar-refractivity contribution is 5.23. The van der Waals surface area contributed by atoms with Crippen molar-refractivity contribution in [2.45, 2.75) is 45.0 Å². The molecule has 0 aromatic heterocycles. The smallest absolute Gasteiger partial charge is 0.111 e. The first-order valence-corrected chi connectivity index (χ1v) is 6.58. The summed E-state index contributed by atoms with van der Waals surface area (Å²) in [6.45, 7) is 3.93. The lowest BCUT2D eigenvalue weighted by atomic mass is 9.64. The second-order valence-electron chi connectivity index (χ2n) is 6.29.